The van der Waals surface area contributed by atoms with Gasteiger partial charge in [0, 0.05) is 12.7 Å². The van der Waals surface area contributed by atoms with Crippen molar-refractivity contribution in [3.8, 4) is 23.1 Å². The Morgan fingerprint density at radius 1 is 1.24 bits per heavy atom. The summed E-state index contributed by atoms with van der Waals surface area (Å²) in [4.78, 5) is 7.88. The molecule has 2 aromatic rings. The standard InChI is InChI=1S/C14H15N5O2/c1-20-5-6-21-10-4-2-3-9(7-10)12-11(8-15)13(16)19-14(17)18-12/h2-4,7H,5-6H2,1H3,(H4,16,17,18,19). The van der Waals surface area contributed by atoms with E-state index in [1.807, 2.05) is 6.07 Å². The summed E-state index contributed by atoms with van der Waals surface area (Å²) in [6.07, 6.45) is 0. The molecule has 0 fully saturated rings. The van der Waals surface area contributed by atoms with Crippen molar-refractivity contribution in [2.45, 2.75) is 0 Å². The molecule has 0 spiro atoms. The van der Waals surface area contributed by atoms with E-state index in [1.165, 1.54) is 0 Å². The zero-order valence-corrected chi connectivity index (χ0v) is 11.5. The lowest BCUT2D eigenvalue weighted by atomic mass is 10.1. The summed E-state index contributed by atoms with van der Waals surface area (Å²) in [7, 11) is 1.60. The number of aromatic nitrogens is 2. The van der Waals surface area contributed by atoms with Gasteiger partial charge in [0.2, 0.25) is 5.95 Å². The lowest BCUT2D eigenvalue weighted by Crippen LogP contribution is -2.06. The molecule has 0 amide bonds. The number of rotatable bonds is 5. The van der Waals surface area contributed by atoms with Gasteiger partial charge in [-0.25, -0.2) is 4.98 Å². The Kier molecular flexibility index (Phi) is 4.53. The third kappa shape index (κ3) is 3.38. The minimum Gasteiger partial charge on any atom is -0.491 e. The number of hydrogen-bond acceptors (Lipinski definition) is 7. The van der Waals surface area contributed by atoms with Gasteiger partial charge in [0.05, 0.1) is 12.3 Å². The molecule has 108 valence electrons. The second-order valence-electron chi connectivity index (χ2n) is 4.17. The van der Waals surface area contributed by atoms with Crippen LogP contribution in [0.15, 0.2) is 24.3 Å². The van der Waals surface area contributed by atoms with Gasteiger partial charge in [0.1, 0.15) is 29.8 Å². The fourth-order valence-corrected chi connectivity index (χ4v) is 1.79. The highest BCUT2D eigenvalue weighted by atomic mass is 16.5. The average Bonchev–Trinajstić information content (AvgIpc) is 2.47. The highest BCUT2D eigenvalue weighted by Gasteiger charge is 2.13. The number of anilines is 2. The van der Waals surface area contributed by atoms with Gasteiger partial charge >= 0.3 is 0 Å². The Hall–Kier alpha value is -2.85. The van der Waals surface area contributed by atoms with Crippen molar-refractivity contribution < 1.29 is 9.47 Å². The molecule has 0 bridgehead atoms. The molecule has 1 aromatic heterocycles. The minimum absolute atomic E-state index is 0.0206. The number of nitrogens with zero attached hydrogens (tertiary/aromatic N) is 3. The topological polar surface area (TPSA) is 120 Å². The van der Waals surface area contributed by atoms with Crippen molar-refractivity contribution in [2.24, 2.45) is 0 Å². The normalized spacial score (nSPS) is 10.1. The molecule has 0 aliphatic heterocycles. The summed E-state index contributed by atoms with van der Waals surface area (Å²) in [5.74, 6) is 0.724. The molecule has 0 aliphatic rings. The highest BCUT2D eigenvalue weighted by Crippen LogP contribution is 2.27. The van der Waals surface area contributed by atoms with Crippen molar-refractivity contribution in [3.63, 3.8) is 0 Å². The van der Waals surface area contributed by atoms with Crippen molar-refractivity contribution >= 4 is 11.8 Å². The molecule has 21 heavy (non-hydrogen) atoms. The molecular formula is C14H15N5O2. The third-order valence-corrected chi connectivity index (χ3v) is 2.73. The Balaban J connectivity index is 2.38. The van der Waals surface area contributed by atoms with Crippen LogP contribution in [0, 0.1) is 11.3 Å². The summed E-state index contributed by atoms with van der Waals surface area (Å²) in [6, 6.07) is 9.16. The first-order valence-electron chi connectivity index (χ1n) is 6.21. The molecule has 0 aliphatic carbocycles. The fourth-order valence-electron chi connectivity index (χ4n) is 1.79. The van der Waals surface area contributed by atoms with Gasteiger partial charge in [-0.3, -0.25) is 0 Å². The van der Waals surface area contributed by atoms with E-state index in [2.05, 4.69) is 9.97 Å². The predicted molar refractivity (Wildman–Crippen MR) is 78.4 cm³/mol. The molecular weight excluding hydrogens is 270 g/mol. The maximum absolute atomic E-state index is 9.20. The Morgan fingerprint density at radius 3 is 2.76 bits per heavy atom. The Labute approximate surface area is 122 Å². The van der Waals surface area contributed by atoms with Crippen LogP contribution in [0.5, 0.6) is 5.75 Å². The van der Waals surface area contributed by atoms with Crippen LogP contribution in [0.4, 0.5) is 11.8 Å². The van der Waals surface area contributed by atoms with Gasteiger partial charge in [0.15, 0.2) is 0 Å². The van der Waals surface area contributed by atoms with E-state index in [0.717, 1.165) is 0 Å². The molecule has 0 atom stereocenters. The first kappa shape index (κ1) is 14.6. The average molecular weight is 285 g/mol. The van der Waals surface area contributed by atoms with E-state index in [-0.39, 0.29) is 17.3 Å². The van der Waals surface area contributed by atoms with E-state index >= 15 is 0 Å². The van der Waals surface area contributed by atoms with Crippen LogP contribution in [-0.4, -0.2) is 30.3 Å². The van der Waals surface area contributed by atoms with Crippen LogP contribution in [-0.2, 0) is 4.74 Å². The molecule has 1 aromatic carbocycles. The quantitative estimate of drug-likeness (QED) is 0.792. The van der Waals surface area contributed by atoms with Crippen LogP contribution in [0.1, 0.15) is 5.56 Å². The van der Waals surface area contributed by atoms with Crippen LogP contribution in [0.2, 0.25) is 0 Å². The summed E-state index contributed by atoms with van der Waals surface area (Å²) in [5, 5.41) is 9.20. The molecule has 7 nitrogen and oxygen atoms in total. The van der Waals surface area contributed by atoms with Gasteiger partial charge in [-0.05, 0) is 12.1 Å². The first-order valence-corrected chi connectivity index (χ1v) is 6.21. The number of ether oxygens (including phenoxy) is 2. The van der Waals surface area contributed by atoms with E-state index < -0.39 is 0 Å². The number of nitrogens with two attached hydrogens (primary N) is 2. The number of benzene rings is 1. The molecule has 1 heterocycles. The van der Waals surface area contributed by atoms with Gasteiger partial charge in [-0.15, -0.1) is 0 Å². The lowest BCUT2D eigenvalue weighted by Gasteiger charge is -2.09. The lowest BCUT2D eigenvalue weighted by molar-refractivity contribution is 0.146. The van der Waals surface area contributed by atoms with Crippen LogP contribution >= 0.6 is 0 Å². The molecule has 2 rings (SSSR count). The third-order valence-electron chi connectivity index (χ3n) is 2.73. The fraction of sp³-hybridized carbons (Fsp3) is 0.214. The number of nitriles is 1. The van der Waals surface area contributed by atoms with E-state index in [0.29, 0.717) is 30.2 Å². The van der Waals surface area contributed by atoms with Crippen LogP contribution < -0.4 is 16.2 Å². The van der Waals surface area contributed by atoms with E-state index in [9.17, 15) is 5.26 Å². The number of hydrogen-bond donors (Lipinski definition) is 2. The zero-order valence-electron chi connectivity index (χ0n) is 11.5. The van der Waals surface area contributed by atoms with Crippen LogP contribution in [0.3, 0.4) is 0 Å². The maximum Gasteiger partial charge on any atom is 0.222 e. The summed E-state index contributed by atoms with van der Waals surface area (Å²) in [6.45, 7) is 0.917. The SMILES string of the molecule is COCCOc1cccc(-c2nc(N)nc(N)c2C#N)c1. The largest absolute Gasteiger partial charge is 0.491 e. The number of methoxy groups -OCH3 is 1. The maximum atomic E-state index is 9.20. The van der Waals surface area contributed by atoms with E-state index in [4.69, 9.17) is 20.9 Å². The first-order chi connectivity index (χ1) is 10.2. The van der Waals surface area contributed by atoms with Gasteiger partial charge in [0.25, 0.3) is 0 Å². The van der Waals surface area contributed by atoms with Gasteiger partial charge in [-0.2, -0.15) is 10.2 Å². The summed E-state index contributed by atoms with van der Waals surface area (Å²) in [5.41, 5.74) is 12.6. The second-order valence-corrected chi connectivity index (χ2v) is 4.17. The van der Waals surface area contributed by atoms with Crippen molar-refractivity contribution in [3.05, 3.63) is 29.8 Å². The molecule has 0 saturated carbocycles. The minimum atomic E-state index is 0.0206. The Bertz CT molecular complexity index is 682. The molecule has 4 N–H and O–H groups in total. The van der Waals surface area contributed by atoms with Crippen molar-refractivity contribution in [2.75, 3.05) is 31.8 Å². The summed E-state index contributed by atoms with van der Waals surface area (Å²) >= 11 is 0. The smallest absolute Gasteiger partial charge is 0.222 e. The molecule has 7 heteroatoms. The van der Waals surface area contributed by atoms with Crippen molar-refractivity contribution in [1.82, 2.24) is 9.97 Å². The highest BCUT2D eigenvalue weighted by molar-refractivity contribution is 5.73. The van der Waals surface area contributed by atoms with Crippen LogP contribution in [0.25, 0.3) is 11.3 Å². The molecule has 0 radical (unpaired) electrons. The van der Waals surface area contributed by atoms with Gasteiger partial charge < -0.3 is 20.9 Å². The number of nitrogen functional groups attached to an aromatic ring is 2. The predicted octanol–water partition coefficient (Wildman–Crippen LogP) is 1.20. The zero-order chi connectivity index (χ0) is 15.2. The van der Waals surface area contributed by atoms with Crippen molar-refractivity contribution in [1.29, 1.82) is 5.26 Å². The molecule has 0 saturated heterocycles. The monoisotopic (exact) mass is 285 g/mol. The second kappa shape index (κ2) is 6.54. The van der Waals surface area contributed by atoms with Gasteiger partial charge in [-0.1, -0.05) is 12.1 Å². The Morgan fingerprint density at radius 2 is 2.05 bits per heavy atom. The molecule has 0 unspecified atom stereocenters. The summed E-state index contributed by atoms with van der Waals surface area (Å²) < 4.78 is 10.5. The van der Waals surface area contributed by atoms with E-state index in [1.54, 1.807) is 31.4 Å².